The number of benzene rings is 1. The first-order valence-electron chi connectivity index (χ1n) is 7.94. The second-order valence-electron chi connectivity index (χ2n) is 6.52. The first kappa shape index (κ1) is 14.4. The van der Waals surface area contributed by atoms with Gasteiger partial charge in [0.25, 0.3) is 0 Å². The maximum atomic E-state index is 9.03. The fourth-order valence-corrected chi connectivity index (χ4v) is 3.82. The summed E-state index contributed by atoms with van der Waals surface area (Å²) in [4.78, 5) is 0. The Bertz CT molecular complexity index is 544. The molecule has 0 radical (unpaired) electrons. The van der Waals surface area contributed by atoms with Crippen molar-refractivity contribution < 1.29 is 9.47 Å². The summed E-state index contributed by atoms with van der Waals surface area (Å²) in [5, 5.41) is 9.03. The molecule has 112 valence electrons. The molecular weight excluding hydrogens is 262 g/mol. The summed E-state index contributed by atoms with van der Waals surface area (Å²) in [5.74, 6) is 0.953. The van der Waals surface area contributed by atoms with E-state index in [4.69, 9.17) is 14.7 Å². The van der Waals surface area contributed by atoms with Gasteiger partial charge in [-0.05, 0) is 49.9 Å². The monoisotopic (exact) mass is 285 g/mol. The smallest absolute Gasteiger partial charge is 0.125 e. The van der Waals surface area contributed by atoms with Crippen LogP contribution in [0.1, 0.15) is 55.2 Å². The van der Waals surface area contributed by atoms with E-state index in [1.54, 1.807) is 0 Å². The van der Waals surface area contributed by atoms with E-state index < -0.39 is 0 Å². The van der Waals surface area contributed by atoms with E-state index in [2.05, 4.69) is 6.07 Å². The topological polar surface area (TPSA) is 42.2 Å². The standard InChI is InChI=1S/C18H23NO2/c1-13-9-15(12-19)10-14(2)17(13)21-16-5-8-20-18(11-16)6-3-4-7-18/h9-10,16H,3-8,11H2,1-2H3. The van der Waals surface area contributed by atoms with Crippen LogP contribution in [0.4, 0.5) is 0 Å². The van der Waals surface area contributed by atoms with Crippen molar-refractivity contribution in [1.82, 2.24) is 0 Å². The Morgan fingerprint density at radius 1 is 1.24 bits per heavy atom. The van der Waals surface area contributed by atoms with Gasteiger partial charge in [0.1, 0.15) is 11.9 Å². The lowest BCUT2D eigenvalue weighted by atomic mass is 9.90. The van der Waals surface area contributed by atoms with Gasteiger partial charge in [-0.15, -0.1) is 0 Å². The predicted molar refractivity (Wildman–Crippen MR) is 81.4 cm³/mol. The largest absolute Gasteiger partial charge is 0.490 e. The maximum absolute atomic E-state index is 9.03. The highest BCUT2D eigenvalue weighted by molar-refractivity contribution is 5.47. The molecule has 2 aliphatic rings. The van der Waals surface area contributed by atoms with Crippen molar-refractivity contribution in [2.75, 3.05) is 6.61 Å². The van der Waals surface area contributed by atoms with Crippen molar-refractivity contribution in [2.24, 2.45) is 0 Å². The Morgan fingerprint density at radius 3 is 2.52 bits per heavy atom. The van der Waals surface area contributed by atoms with Gasteiger partial charge in [-0.2, -0.15) is 5.26 Å². The summed E-state index contributed by atoms with van der Waals surface area (Å²) in [5.41, 5.74) is 2.89. The molecular formula is C18H23NO2. The molecule has 1 heterocycles. The molecule has 21 heavy (non-hydrogen) atoms. The second-order valence-corrected chi connectivity index (χ2v) is 6.52. The fourth-order valence-electron chi connectivity index (χ4n) is 3.82. The van der Waals surface area contributed by atoms with Crippen molar-refractivity contribution in [3.8, 4) is 11.8 Å². The van der Waals surface area contributed by atoms with Crippen molar-refractivity contribution in [1.29, 1.82) is 5.26 Å². The Hall–Kier alpha value is -1.53. The number of ether oxygens (including phenoxy) is 2. The number of nitrogens with zero attached hydrogens (tertiary/aromatic N) is 1. The zero-order chi connectivity index (χ0) is 14.9. The van der Waals surface area contributed by atoms with Crippen LogP contribution in [0.25, 0.3) is 0 Å². The van der Waals surface area contributed by atoms with E-state index in [1.165, 1.54) is 25.7 Å². The van der Waals surface area contributed by atoms with Crippen LogP contribution in [-0.2, 0) is 4.74 Å². The lowest BCUT2D eigenvalue weighted by Crippen LogP contribution is -2.41. The van der Waals surface area contributed by atoms with Crippen molar-refractivity contribution in [2.45, 2.75) is 64.1 Å². The molecule has 1 aromatic carbocycles. The van der Waals surface area contributed by atoms with Gasteiger partial charge in [0.05, 0.1) is 23.8 Å². The SMILES string of the molecule is Cc1cc(C#N)cc(C)c1OC1CCOC2(CCCC2)C1. The molecule has 0 bridgehead atoms. The molecule has 3 heteroatoms. The summed E-state index contributed by atoms with van der Waals surface area (Å²) in [6, 6.07) is 6.02. The quantitative estimate of drug-likeness (QED) is 0.823. The van der Waals surface area contributed by atoms with E-state index in [-0.39, 0.29) is 11.7 Å². The highest BCUT2D eigenvalue weighted by Crippen LogP contribution is 2.41. The van der Waals surface area contributed by atoms with Gasteiger partial charge < -0.3 is 9.47 Å². The predicted octanol–water partition coefficient (Wildman–Crippen LogP) is 4.05. The molecule has 1 atom stereocenters. The molecule has 1 saturated carbocycles. The fraction of sp³-hybridized carbons (Fsp3) is 0.611. The Balaban J connectivity index is 1.76. The number of hydrogen-bond donors (Lipinski definition) is 0. The average Bonchev–Trinajstić information content (AvgIpc) is 2.90. The Kier molecular flexibility index (Phi) is 3.91. The molecule has 1 spiro atoms. The summed E-state index contributed by atoms with van der Waals surface area (Å²) in [6.07, 6.45) is 7.12. The summed E-state index contributed by atoms with van der Waals surface area (Å²) in [6.45, 7) is 4.85. The van der Waals surface area contributed by atoms with Crippen LogP contribution in [0.3, 0.4) is 0 Å². The van der Waals surface area contributed by atoms with E-state index in [9.17, 15) is 0 Å². The number of hydrogen-bond acceptors (Lipinski definition) is 3. The summed E-state index contributed by atoms with van der Waals surface area (Å²) < 4.78 is 12.4. The average molecular weight is 285 g/mol. The number of nitriles is 1. The van der Waals surface area contributed by atoms with Crippen molar-refractivity contribution in [3.63, 3.8) is 0 Å². The molecule has 1 unspecified atom stereocenters. The van der Waals surface area contributed by atoms with Gasteiger partial charge in [-0.1, -0.05) is 12.8 Å². The van der Waals surface area contributed by atoms with Crippen LogP contribution in [0.15, 0.2) is 12.1 Å². The third kappa shape index (κ3) is 2.91. The molecule has 1 aromatic rings. The molecule has 1 saturated heterocycles. The first-order chi connectivity index (χ1) is 10.1. The van der Waals surface area contributed by atoms with Gasteiger partial charge in [-0.3, -0.25) is 0 Å². The van der Waals surface area contributed by atoms with Crippen LogP contribution in [0, 0.1) is 25.2 Å². The van der Waals surface area contributed by atoms with Crippen molar-refractivity contribution in [3.05, 3.63) is 28.8 Å². The van der Waals surface area contributed by atoms with Gasteiger partial charge in [0, 0.05) is 12.8 Å². The van der Waals surface area contributed by atoms with Crippen LogP contribution in [0.2, 0.25) is 0 Å². The minimum Gasteiger partial charge on any atom is -0.490 e. The molecule has 1 aliphatic carbocycles. The van der Waals surface area contributed by atoms with Gasteiger partial charge in [0.15, 0.2) is 0 Å². The molecule has 2 fully saturated rings. The Labute approximate surface area is 126 Å². The van der Waals surface area contributed by atoms with Crippen LogP contribution in [-0.4, -0.2) is 18.3 Å². The van der Waals surface area contributed by atoms with E-state index in [1.807, 2.05) is 26.0 Å². The zero-order valence-corrected chi connectivity index (χ0v) is 12.9. The summed E-state index contributed by atoms with van der Waals surface area (Å²) >= 11 is 0. The third-order valence-corrected chi connectivity index (χ3v) is 4.84. The molecule has 0 aromatic heterocycles. The van der Waals surface area contributed by atoms with Gasteiger partial charge in [0.2, 0.25) is 0 Å². The number of rotatable bonds is 2. The molecule has 3 nitrogen and oxygen atoms in total. The van der Waals surface area contributed by atoms with Gasteiger partial charge in [-0.25, -0.2) is 0 Å². The van der Waals surface area contributed by atoms with Crippen LogP contribution >= 0.6 is 0 Å². The summed E-state index contributed by atoms with van der Waals surface area (Å²) in [7, 11) is 0. The van der Waals surface area contributed by atoms with E-state index in [0.717, 1.165) is 36.3 Å². The minimum atomic E-state index is 0.0807. The van der Waals surface area contributed by atoms with Crippen LogP contribution < -0.4 is 4.74 Å². The second kappa shape index (κ2) is 5.69. The van der Waals surface area contributed by atoms with Crippen LogP contribution in [0.5, 0.6) is 5.75 Å². The molecule has 1 aliphatic heterocycles. The first-order valence-corrected chi connectivity index (χ1v) is 7.94. The third-order valence-electron chi connectivity index (χ3n) is 4.84. The van der Waals surface area contributed by atoms with E-state index in [0.29, 0.717) is 5.56 Å². The lowest BCUT2D eigenvalue weighted by Gasteiger charge is -2.38. The number of aryl methyl sites for hydroxylation is 2. The maximum Gasteiger partial charge on any atom is 0.125 e. The van der Waals surface area contributed by atoms with Crippen molar-refractivity contribution >= 4 is 0 Å². The normalized spacial score (nSPS) is 24.0. The molecule has 0 amide bonds. The lowest BCUT2D eigenvalue weighted by molar-refractivity contribution is -0.108. The minimum absolute atomic E-state index is 0.0807. The molecule has 0 N–H and O–H groups in total. The Morgan fingerprint density at radius 2 is 1.90 bits per heavy atom. The highest BCUT2D eigenvalue weighted by atomic mass is 16.5. The highest BCUT2D eigenvalue weighted by Gasteiger charge is 2.40. The van der Waals surface area contributed by atoms with Gasteiger partial charge >= 0.3 is 0 Å². The zero-order valence-electron chi connectivity index (χ0n) is 12.9. The molecule has 3 rings (SSSR count). The van der Waals surface area contributed by atoms with E-state index >= 15 is 0 Å².